The van der Waals surface area contributed by atoms with E-state index < -0.39 is 0 Å². The first-order valence-corrected chi connectivity index (χ1v) is 8.57. The summed E-state index contributed by atoms with van der Waals surface area (Å²) in [6, 6.07) is 15.1. The third-order valence-electron chi connectivity index (χ3n) is 4.71. The molecule has 0 atom stereocenters. The summed E-state index contributed by atoms with van der Waals surface area (Å²) in [5, 5.41) is 7.19. The molecule has 0 bridgehead atoms. The number of rotatable bonds is 4. The normalized spacial score (nSPS) is 17.2. The number of amides is 1. The number of hydrogen-bond donors (Lipinski definition) is 1. The average molecular weight is 337 g/mol. The van der Waals surface area contributed by atoms with Crippen LogP contribution in [0.2, 0.25) is 0 Å². The van der Waals surface area contributed by atoms with E-state index in [4.69, 9.17) is 0 Å². The molecule has 0 unspecified atom stereocenters. The maximum Gasteiger partial charge on any atom is 0.227 e. The Morgan fingerprint density at radius 1 is 1.12 bits per heavy atom. The summed E-state index contributed by atoms with van der Waals surface area (Å²) in [5.41, 5.74) is 2.50. The number of carbonyl (C=O) groups is 1. The van der Waals surface area contributed by atoms with Gasteiger partial charge in [-0.1, -0.05) is 42.5 Å². The highest BCUT2D eigenvalue weighted by atomic mass is 19.1. The Morgan fingerprint density at radius 3 is 2.76 bits per heavy atom. The van der Waals surface area contributed by atoms with Gasteiger partial charge in [-0.2, -0.15) is 0 Å². The van der Waals surface area contributed by atoms with E-state index >= 15 is 0 Å². The van der Waals surface area contributed by atoms with Gasteiger partial charge in [0.05, 0.1) is 0 Å². The molecule has 2 heterocycles. The van der Waals surface area contributed by atoms with Crippen LogP contribution in [0.1, 0.15) is 12.0 Å². The number of benzene rings is 2. The number of hydrazine groups is 1. The minimum absolute atomic E-state index is 0.0721. The monoisotopic (exact) mass is 337 g/mol. The molecule has 0 aromatic heterocycles. The minimum Gasteiger partial charge on any atom is -0.311 e. The van der Waals surface area contributed by atoms with E-state index in [1.54, 1.807) is 6.07 Å². The highest BCUT2D eigenvalue weighted by Crippen LogP contribution is 2.24. The van der Waals surface area contributed by atoms with Crippen molar-refractivity contribution in [2.75, 3.05) is 19.6 Å². The zero-order valence-electron chi connectivity index (χ0n) is 13.9. The maximum atomic E-state index is 14.5. The number of halogens is 1. The molecule has 1 amide bonds. The van der Waals surface area contributed by atoms with Crippen molar-refractivity contribution < 1.29 is 9.18 Å². The van der Waals surface area contributed by atoms with Gasteiger partial charge >= 0.3 is 0 Å². The SMILES string of the molecule is O=C1CCN2C(=CCN2CCc2ccc(-c3ccccc3)c(F)c2)N1. The third-order valence-corrected chi connectivity index (χ3v) is 4.71. The van der Waals surface area contributed by atoms with E-state index in [2.05, 4.69) is 15.3 Å². The Bertz CT molecular complexity index is 819. The fourth-order valence-electron chi connectivity index (χ4n) is 3.37. The van der Waals surface area contributed by atoms with Crippen molar-refractivity contribution in [1.82, 2.24) is 15.3 Å². The average Bonchev–Trinajstić information content (AvgIpc) is 3.03. The molecule has 2 aliphatic rings. The first-order chi connectivity index (χ1) is 12.2. The Morgan fingerprint density at radius 2 is 1.96 bits per heavy atom. The van der Waals surface area contributed by atoms with Gasteiger partial charge in [0.1, 0.15) is 11.6 Å². The van der Waals surface area contributed by atoms with Crippen molar-refractivity contribution in [3.8, 4) is 11.1 Å². The van der Waals surface area contributed by atoms with E-state index in [9.17, 15) is 9.18 Å². The summed E-state index contributed by atoms with van der Waals surface area (Å²) in [7, 11) is 0. The molecule has 1 saturated heterocycles. The highest BCUT2D eigenvalue weighted by molar-refractivity contribution is 5.79. The predicted molar refractivity (Wildman–Crippen MR) is 94.7 cm³/mol. The second kappa shape index (κ2) is 6.69. The van der Waals surface area contributed by atoms with Crippen molar-refractivity contribution in [3.05, 3.63) is 71.8 Å². The fourth-order valence-corrected chi connectivity index (χ4v) is 3.37. The van der Waals surface area contributed by atoms with Gasteiger partial charge in [0, 0.05) is 31.6 Å². The van der Waals surface area contributed by atoms with Gasteiger partial charge in [-0.25, -0.2) is 9.40 Å². The van der Waals surface area contributed by atoms with E-state index in [1.165, 1.54) is 0 Å². The lowest BCUT2D eigenvalue weighted by Crippen LogP contribution is -2.48. The van der Waals surface area contributed by atoms with E-state index in [0.29, 0.717) is 18.5 Å². The van der Waals surface area contributed by atoms with Crippen LogP contribution in [0.25, 0.3) is 11.1 Å². The van der Waals surface area contributed by atoms with Gasteiger partial charge in [0.25, 0.3) is 0 Å². The van der Waals surface area contributed by atoms with Crippen LogP contribution in [0.15, 0.2) is 60.4 Å². The van der Waals surface area contributed by atoms with E-state index in [0.717, 1.165) is 36.5 Å². The molecule has 0 radical (unpaired) electrons. The topological polar surface area (TPSA) is 35.6 Å². The molecule has 5 heteroatoms. The molecule has 0 saturated carbocycles. The molecule has 0 aliphatic carbocycles. The Balaban J connectivity index is 1.41. The molecule has 0 spiro atoms. The molecule has 1 N–H and O–H groups in total. The zero-order chi connectivity index (χ0) is 17.2. The van der Waals surface area contributed by atoms with E-state index in [1.807, 2.05) is 48.5 Å². The first kappa shape index (κ1) is 15.8. The molecule has 1 fully saturated rings. The lowest BCUT2D eigenvalue weighted by Gasteiger charge is -2.35. The fraction of sp³-hybridized carbons (Fsp3) is 0.250. The van der Waals surface area contributed by atoms with Crippen LogP contribution in [0.3, 0.4) is 0 Å². The summed E-state index contributed by atoms with van der Waals surface area (Å²) >= 11 is 0. The molecule has 25 heavy (non-hydrogen) atoms. The molecule has 128 valence electrons. The van der Waals surface area contributed by atoms with Gasteiger partial charge in [-0.05, 0) is 29.7 Å². The summed E-state index contributed by atoms with van der Waals surface area (Å²) in [4.78, 5) is 11.4. The Kier molecular flexibility index (Phi) is 4.24. The van der Waals surface area contributed by atoms with Gasteiger partial charge in [-0.3, -0.25) is 9.80 Å². The smallest absolute Gasteiger partial charge is 0.227 e. The number of hydrogen-bond acceptors (Lipinski definition) is 3. The Labute approximate surface area is 146 Å². The lowest BCUT2D eigenvalue weighted by molar-refractivity contribution is -0.125. The van der Waals surface area contributed by atoms with Crippen molar-refractivity contribution in [3.63, 3.8) is 0 Å². The summed E-state index contributed by atoms with van der Waals surface area (Å²) in [5.74, 6) is 0.763. The Hall–Kier alpha value is -2.66. The van der Waals surface area contributed by atoms with Gasteiger partial charge in [-0.15, -0.1) is 0 Å². The van der Waals surface area contributed by atoms with Gasteiger partial charge in [0.15, 0.2) is 0 Å². The molecule has 2 aromatic carbocycles. The van der Waals surface area contributed by atoms with Crippen LogP contribution in [0, 0.1) is 5.82 Å². The van der Waals surface area contributed by atoms with E-state index in [-0.39, 0.29) is 11.7 Å². The van der Waals surface area contributed by atoms with Crippen LogP contribution >= 0.6 is 0 Å². The predicted octanol–water partition coefficient (Wildman–Crippen LogP) is 2.93. The number of fused-ring (bicyclic) bond motifs is 1. The summed E-state index contributed by atoms with van der Waals surface area (Å²) in [6.45, 7) is 2.28. The molecular weight excluding hydrogens is 317 g/mol. The second-order valence-corrected chi connectivity index (χ2v) is 6.35. The summed E-state index contributed by atoms with van der Waals surface area (Å²) < 4.78 is 14.5. The van der Waals surface area contributed by atoms with Crippen molar-refractivity contribution >= 4 is 5.91 Å². The lowest BCUT2D eigenvalue weighted by atomic mass is 10.0. The van der Waals surface area contributed by atoms with Crippen LogP contribution in [0.4, 0.5) is 4.39 Å². The zero-order valence-corrected chi connectivity index (χ0v) is 13.9. The number of nitrogens with one attached hydrogen (secondary N) is 1. The van der Waals surface area contributed by atoms with Crippen LogP contribution < -0.4 is 5.32 Å². The quantitative estimate of drug-likeness (QED) is 0.932. The van der Waals surface area contributed by atoms with Gasteiger partial charge in [0.2, 0.25) is 5.91 Å². The number of carbonyl (C=O) groups excluding carboxylic acids is 1. The van der Waals surface area contributed by atoms with Crippen LogP contribution in [-0.2, 0) is 11.2 Å². The van der Waals surface area contributed by atoms with Crippen molar-refractivity contribution in [1.29, 1.82) is 0 Å². The van der Waals surface area contributed by atoms with Crippen LogP contribution in [-0.4, -0.2) is 35.6 Å². The first-order valence-electron chi connectivity index (χ1n) is 8.57. The molecular formula is C20H20FN3O. The summed E-state index contributed by atoms with van der Waals surface area (Å²) in [6.07, 6.45) is 3.29. The standard InChI is InChI=1S/C20H20FN3O/c21-18-14-15(6-7-17(18)16-4-2-1-3-5-16)8-11-23-12-9-19-22-20(25)10-13-24(19)23/h1-7,9,14H,8,10-13H2,(H,22,25). The van der Waals surface area contributed by atoms with Gasteiger partial charge < -0.3 is 5.32 Å². The molecule has 4 rings (SSSR count). The highest BCUT2D eigenvalue weighted by Gasteiger charge is 2.28. The minimum atomic E-state index is -0.186. The number of nitrogens with zero attached hydrogens (tertiary/aromatic N) is 2. The molecule has 4 nitrogen and oxygen atoms in total. The third kappa shape index (κ3) is 3.28. The largest absolute Gasteiger partial charge is 0.311 e. The second-order valence-electron chi connectivity index (χ2n) is 6.35. The maximum absolute atomic E-state index is 14.5. The van der Waals surface area contributed by atoms with Crippen molar-refractivity contribution in [2.24, 2.45) is 0 Å². The molecule has 2 aromatic rings. The molecule has 2 aliphatic heterocycles. The van der Waals surface area contributed by atoms with Crippen LogP contribution in [0.5, 0.6) is 0 Å². The van der Waals surface area contributed by atoms with Crippen molar-refractivity contribution in [2.45, 2.75) is 12.8 Å².